The average Bonchev–Trinajstić information content (AvgIpc) is 2.85. The van der Waals surface area contributed by atoms with Gasteiger partial charge in [0, 0.05) is 29.1 Å². The highest BCUT2D eigenvalue weighted by Crippen LogP contribution is 2.34. The molecular weight excluding hydrogens is 301 g/mol. The molecule has 1 aromatic carbocycles. The Kier molecular flexibility index (Phi) is 4.72. The first-order valence-electron chi connectivity index (χ1n) is 8.31. The summed E-state index contributed by atoms with van der Waals surface area (Å²) in [5.74, 6) is 0.347. The van der Waals surface area contributed by atoms with Gasteiger partial charge in [0.1, 0.15) is 5.82 Å². The lowest BCUT2D eigenvalue weighted by Gasteiger charge is -2.36. The van der Waals surface area contributed by atoms with Crippen molar-refractivity contribution in [2.45, 2.75) is 51.5 Å². The maximum atomic E-state index is 13.9. The highest BCUT2D eigenvalue weighted by Gasteiger charge is 2.38. The number of carbonyl (C=O) groups is 1. The molecule has 0 spiro atoms. The molecule has 2 nitrogen and oxygen atoms in total. The van der Waals surface area contributed by atoms with Gasteiger partial charge in [0.2, 0.25) is 5.91 Å². The number of nitrogens with zero attached hydrogens (tertiary/aromatic N) is 1. The quantitative estimate of drug-likeness (QED) is 0.804. The van der Waals surface area contributed by atoms with Crippen LogP contribution in [0.5, 0.6) is 0 Å². The van der Waals surface area contributed by atoms with E-state index in [0.717, 1.165) is 19.4 Å². The summed E-state index contributed by atoms with van der Waals surface area (Å²) in [7, 11) is 0. The van der Waals surface area contributed by atoms with Crippen molar-refractivity contribution in [3.63, 3.8) is 0 Å². The summed E-state index contributed by atoms with van der Waals surface area (Å²) in [5, 5.41) is 0.428. The van der Waals surface area contributed by atoms with Gasteiger partial charge in [-0.3, -0.25) is 4.79 Å². The van der Waals surface area contributed by atoms with E-state index in [0.29, 0.717) is 29.0 Å². The largest absolute Gasteiger partial charge is 0.339 e. The molecule has 1 heterocycles. The van der Waals surface area contributed by atoms with Crippen molar-refractivity contribution < 1.29 is 9.18 Å². The summed E-state index contributed by atoms with van der Waals surface area (Å²) in [4.78, 5) is 14.8. The zero-order chi connectivity index (χ0) is 15.7. The van der Waals surface area contributed by atoms with Gasteiger partial charge in [0.15, 0.2) is 0 Å². The summed E-state index contributed by atoms with van der Waals surface area (Å²) in [6, 6.07) is 5.10. The van der Waals surface area contributed by atoms with Gasteiger partial charge in [-0.05, 0) is 43.7 Å². The molecule has 4 heteroatoms. The highest BCUT2D eigenvalue weighted by atomic mass is 35.5. The van der Waals surface area contributed by atoms with Gasteiger partial charge in [-0.25, -0.2) is 4.39 Å². The molecular formula is C18H23ClFNO. The Balaban J connectivity index is 1.71. The van der Waals surface area contributed by atoms with E-state index in [-0.39, 0.29) is 17.6 Å². The Hall–Kier alpha value is -1.09. The van der Waals surface area contributed by atoms with Gasteiger partial charge in [-0.15, -0.1) is 0 Å². The lowest BCUT2D eigenvalue weighted by Crippen LogP contribution is -2.43. The predicted molar refractivity (Wildman–Crippen MR) is 86.4 cm³/mol. The van der Waals surface area contributed by atoms with Crippen LogP contribution in [0.1, 0.15) is 44.6 Å². The average molecular weight is 324 g/mol. The summed E-state index contributed by atoms with van der Waals surface area (Å²) >= 11 is 6.10. The molecule has 3 atom stereocenters. The first kappa shape index (κ1) is 15.8. The standard InChI is InChI=1S/C18H23ClFNO/c1-12-5-2-3-8-17(12)21-10-9-13(18(21)22)11-14-15(19)6-4-7-16(14)20/h4,6-7,12-13,17H,2-3,5,8-11H2,1H3. The molecule has 1 saturated heterocycles. The molecule has 0 N–H and O–H groups in total. The molecule has 0 bridgehead atoms. The van der Waals surface area contributed by atoms with Crippen molar-refractivity contribution in [3.8, 4) is 0 Å². The third-order valence-corrected chi connectivity index (χ3v) is 5.68. The zero-order valence-corrected chi connectivity index (χ0v) is 13.8. The molecule has 3 rings (SSSR count). The Morgan fingerprint density at radius 1 is 1.27 bits per heavy atom. The van der Waals surface area contributed by atoms with Crippen LogP contribution in [0.4, 0.5) is 4.39 Å². The molecule has 1 aliphatic carbocycles. The SMILES string of the molecule is CC1CCCCC1N1CCC(Cc2c(F)cccc2Cl)C1=O. The van der Waals surface area contributed by atoms with Crippen molar-refractivity contribution >= 4 is 17.5 Å². The number of carbonyl (C=O) groups excluding carboxylic acids is 1. The van der Waals surface area contributed by atoms with E-state index in [2.05, 4.69) is 11.8 Å². The Morgan fingerprint density at radius 2 is 2.05 bits per heavy atom. The number of halogens is 2. The number of likely N-dealkylation sites (tertiary alicyclic amines) is 1. The van der Waals surface area contributed by atoms with E-state index in [1.807, 2.05) is 0 Å². The van der Waals surface area contributed by atoms with Crippen LogP contribution in [0.25, 0.3) is 0 Å². The molecule has 3 unspecified atom stereocenters. The molecule has 1 aromatic rings. The van der Waals surface area contributed by atoms with Gasteiger partial charge in [-0.1, -0.05) is 37.4 Å². The van der Waals surface area contributed by atoms with Crippen LogP contribution in [0.3, 0.4) is 0 Å². The van der Waals surface area contributed by atoms with E-state index < -0.39 is 0 Å². The lowest BCUT2D eigenvalue weighted by atomic mass is 9.85. The smallest absolute Gasteiger partial charge is 0.226 e. The summed E-state index contributed by atoms with van der Waals surface area (Å²) in [5.41, 5.74) is 0.487. The van der Waals surface area contributed by atoms with Crippen molar-refractivity contribution in [1.82, 2.24) is 4.90 Å². The monoisotopic (exact) mass is 323 g/mol. The van der Waals surface area contributed by atoms with Crippen molar-refractivity contribution in [3.05, 3.63) is 34.6 Å². The van der Waals surface area contributed by atoms with Gasteiger partial charge < -0.3 is 4.90 Å². The fraction of sp³-hybridized carbons (Fsp3) is 0.611. The first-order chi connectivity index (χ1) is 10.6. The molecule has 2 fully saturated rings. The summed E-state index contributed by atoms with van der Waals surface area (Å²) in [6.07, 6.45) is 6.03. The molecule has 1 amide bonds. The van der Waals surface area contributed by atoms with Gasteiger partial charge >= 0.3 is 0 Å². The Labute approximate surface area is 136 Å². The third kappa shape index (κ3) is 3.01. The summed E-state index contributed by atoms with van der Waals surface area (Å²) < 4.78 is 13.9. The van der Waals surface area contributed by atoms with Gasteiger partial charge in [0.25, 0.3) is 0 Å². The van der Waals surface area contributed by atoms with E-state index >= 15 is 0 Å². The Bertz CT molecular complexity index is 542. The van der Waals surface area contributed by atoms with E-state index in [9.17, 15) is 9.18 Å². The maximum absolute atomic E-state index is 13.9. The van der Waals surface area contributed by atoms with E-state index in [1.54, 1.807) is 12.1 Å². The van der Waals surface area contributed by atoms with Crippen molar-refractivity contribution in [2.24, 2.45) is 11.8 Å². The van der Waals surface area contributed by atoms with Crippen LogP contribution in [-0.4, -0.2) is 23.4 Å². The second-order valence-corrected chi connectivity index (χ2v) is 7.16. The van der Waals surface area contributed by atoms with E-state index in [1.165, 1.54) is 25.3 Å². The minimum absolute atomic E-state index is 0.122. The molecule has 0 aromatic heterocycles. The van der Waals surface area contributed by atoms with Crippen LogP contribution in [-0.2, 0) is 11.2 Å². The minimum atomic E-state index is -0.301. The maximum Gasteiger partial charge on any atom is 0.226 e. The number of benzene rings is 1. The second kappa shape index (κ2) is 6.57. The first-order valence-corrected chi connectivity index (χ1v) is 8.69. The molecule has 1 aliphatic heterocycles. The van der Waals surface area contributed by atoms with Crippen LogP contribution in [0.15, 0.2) is 18.2 Å². The van der Waals surface area contributed by atoms with Gasteiger partial charge in [-0.2, -0.15) is 0 Å². The lowest BCUT2D eigenvalue weighted by molar-refractivity contribution is -0.134. The Morgan fingerprint density at radius 3 is 2.77 bits per heavy atom. The minimum Gasteiger partial charge on any atom is -0.339 e. The molecule has 0 radical (unpaired) electrons. The number of hydrogen-bond acceptors (Lipinski definition) is 1. The van der Waals surface area contributed by atoms with Crippen LogP contribution in [0.2, 0.25) is 5.02 Å². The molecule has 2 aliphatic rings. The van der Waals surface area contributed by atoms with Crippen molar-refractivity contribution in [2.75, 3.05) is 6.54 Å². The zero-order valence-electron chi connectivity index (χ0n) is 13.0. The normalized spacial score (nSPS) is 29.1. The van der Waals surface area contributed by atoms with Crippen LogP contribution >= 0.6 is 11.6 Å². The topological polar surface area (TPSA) is 20.3 Å². The van der Waals surface area contributed by atoms with Crippen LogP contribution in [0, 0.1) is 17.7 Å². The molecule has 120 valence electrons. The number of hydrogen-bond donors (Lipinski definition) is 0. The number of amides is 1. The van der Waals surface area contributed by atoms with Crippen molar-refractivity contribution in [1.29, 1.82) is 0 Å². The summed E-state index contributed by atoms with van der Waals surface area (Å²) in [6.45, 7) is 3.06. The second-order valence-electron chi connectivity index (χ2n) is 6.75. The highest BCUT2D eigenvalue weighted by molar-refractivity contribution is 6.31. The fourth-order valence-corrected chi connectivity index (χ4v) is 4.26. The predicted octanol–water partition coefficient (Wildman–Crippen LogP) is 4.45. The van der Waals surface area contributed by atoms with E-state index in [4.69, 9.17) is 11.6 Å². The molecule has 1 saturated carbocycles. The fourth-order valence-electron chi connectivity index (χ4n) is 4.02. The van der Waals surface area contributed by atoms with Gasteiger partial charge in [0.05, 0.1) is 0 Å². The van der Waals surface area contributed by atoms with Crippen LogP contribution < -0.4 is 0 Å². The number of rotatable bonds is 3. The molecule has 22 heavy (non-hydrogen) atoms. The third-order valence-electron chi connectivity index (χ3n) is 5.33.